The first-order valence-corrected chi connectivity index (χ1v) is 5.37. The predicted octanol–water partition coefficient (Wildman–Crippen LogP) is 1.84. The molecule has 1 aromatic carbocycles. The second kappa shape index (κ2) is 5.10. The molecule has 0 amide bonds. The van der Waals surface area contributed by atoms with Gasteiger partial charge in [0.1, 0.15) is 11.9 Å². The van der Waals surface area contributed by atoms with Crippen molar-refractivity contribution in [1.29, 1.82) is 0 Å². The van der Waals surface area contributed by atoms with Gasteiger partial charge in [-0.25, -0.2) is 4.79 Å². The summed E-state index contributed by atoms with van der Waals surface area (Å²) in [6, 6.07) is 5.86. The van der Waals surface area contributed by atoms with E-state index in [1.165, 1.54) is 0 Å². The summed E-state index contributed by atoms with van der Waals surface area (Å²) in [5.41, 5.74) is 6.14. The standard InChI is InChI=1S/C13H17NO3/c1-13(2,3)17-12(16)10-6-4-9(5-7-10)11(14)8-15/h4-8,11H,14H2,1-3H3. The molecule has 0 spiro atoms. The Morgan fingerprint density at radius 3 is 2.24 bits per heavy atom. The lowest BCUT2D eigenvalue weighted by atomic mass is 10.1. The van der Waals surface area contributed by atoms with Crippen LogP contribution in [0.3, 0.4) is 0 Å². The summed E-state index contributed by atoms with van der Waals surface area (Å²) in [7, 11) is 0. The van der Waals surface area contributed by atoms with E-state index in [1.807, 2.05) is 20.8 Å². The molecule has 0 fully saturated rings. The third-order valence-corrected chi connectivity index (χ3v) is 2.08. The van der Waals surface area contributed by atoms with Crippen LogP contribution in [0.4, 0.5) is 0 Å². The maximum atomic E-state index is 11.7. The maximum Gasteiger partial charge on any atom is 0.338 e. The molecular formula is C13H17NO3. The lowest BCUT2D eigenvalue weighted by Crippen LogP contribution is -2.23. The number of esters is 1. The Hall–Kier alpha value is -1.68. The normalized spacial score (nSPS) is 12.9. The summed E-state index contributed by atoms with van der Waals surface area (Å²) in [6.07, 6.45) is 0.655. The molecule has 0 aliphatic heterocycles. The van der Waals surface area contributed by atoms with Gasteiger partial charge in [0.15, 0.2) is 0 Å². The fourth-order valence-corrected chi connectivity index (χ4v) is 1.26. The van der Waals surface area contributed by atoms with E-state index < -0.39 is 11.6 Å². The van der Waals surface area contributed by atoms with Gasteiger partial charge >= 0.3 is 5.97 Å². The lowest BCUT2D eigenvalue weighted by Gasteiger charge is -2.19. The van der Waals surface area contributed by atoms with Crippen molar-refractivity contribution in [2.24, 2.45) is 5.73 Å². The average Bonchev–Trinajstić information content (AvgIpc) is 2.26. The van der Waals surface area contributed by atoms with Gasteiger partial charge < -0.3 is 15.3 Å². The minimum atomic E-state index is -0.650. The zero-order chi connectivity index (χ0) is 13.1. The number of ether oxygens (including phenoxy) is 1. The van der Waals surface area contributed by atoms with Gasteiger partial charge in [0.2, 0.25) is 0 Å². The third kappa shape index (κ3) is 4.00. The van der Waals surface area contributed by atoms with Crippen molar-refractivity contribution < 1.29 is 14.3 Å². The number of hydrogen-bond acceptors (Lipinski definition) is 4. The van der Waals surface area contributed by atoms with Crippen molar-refractivity contribution in [2.75, 3.05) is 0 Å². The van der Waals surface area contributed by atoms with E-state index in [0.29, 0.717) is 17.4 Å². The van der Waals surface area contributed by atoms with Gasteiger partial charge in [-0.3, -0.25) is 0 Å². The van der Waals surface area contributed by atoms with Crippen molar-refractivity contribution >= 4 is 12.3 Å². The molecule has 17 heavy (non-hydrogen) atoms. The van der Waals surface area contributed by atoms with Crippen molar-refractivity contribution in [3.8, 4) is 0 Å². The first-order chi connectivity index (χ1) is 7.83. The zero-order valence-corrected chi connectivity index (χ0v) is 10.3. The molecule has 2 N–H and O–H groups in total. The first kappa shape index (κ1) is 13.4. The van der Waals surface area contributed by atoms with Crippen LogP contribution in [-0.2, 0) is 9.53 Å². The molecule has 0 aliphatic carbocycles. The van der Waals surface area contributed by atoms with Crippen molar-refractivity contribution in [3.63, 3.8) is 0 Å². The smallest absolute Gasteiger partial charge is 0.338 e. The SMILES string of the molecule is CC(C)(C)OC(=O)c1ccc(C(N)C=O)cc1. The second-order valence-corrected chi connectivity index (χ2v) is 4.79. The van der Waals surface area contributed by atoms with Crippen molar-refractivity contribution in [1.82, 2.24) is 0 Å². The van der Waals surface area contributed by atoms with E-state index in [1.54, 1.807) is 24.3 Å². The number of benzene rings is 1. The summed E-state index contributed by atoms with van der Waals surface area (Å²) in [4.78, 5) is 22.2. The lowest BCUT2D eigenvalue weighted by molar-refractivity contribution is -0.109. The Bertz CT molecular complexity index is 404. The van der Waals surface area contributed by atoms with E-state index in [-0.39, 0.29) is 5.97 Å². The maximum absolute atomic E-state index is 11.7. The van der Waals surface area contributed by atoms with Crippen LogP contribution in [0.15, 0.2) is 24.3 Å². The largest absolute Gasteiger partial charge is 0.456 e. The van der Waals surface area contributed by atoms with Gasteiger partial charge in [0.05, 0.1) is 11.6 Å². The van der Waals surface area contributed by atoms with Gasteiger partial charge in [0, 0.05) is 0 Å². The monoisotopic (exact) mass is 235 g/mol. The van der Waals surface area contributed by atoms with Crippen LogP contribution in [0.5, 0.6) is 0 Å². The predicted molar refractivity (Wildman–Crippen MR) is 64.6 cm³/mol. The molecule has 4 heteroatoms. The number of nitrogens with two attached hydrogens (primary N) is 1. The molecule has 0 bridgehead atoms. The van der Waals surface area contributed by atoms with E-state index in [4.69, 9.17) is 10.5 Å². The average molecular weight is 235 g/mol. The summed E-state index contributed by atoms with van der Waals surface area (Å²) in [5, 5.41) is 0. The van der Waals surface area contributed by atoms with E-state index >= 15 is 0 Å². The Balaban J connectivity index is 2.81. The van der Waals surface area contributed by atoms with Crippen LogP contribution in [0, 0.1) is 0 Å². The first-order valence-electron chi connectivity index (χ1n) is 5.37. The highest BCUT2D eigenvalue weighted by atomic mass is 16.6. The van der Waals surface area contributed by atoms with Gasteiger partial charge in [-0.05, 0) is 38.5 Å². The van der Waals surface area contributed by atoms with Crippen LogP contribution in [0.25, 0.3) is 0 Å². The summed E-state index contributed by atoms with van der Waals surface area (Å²) >= 11 is 0. The third-order valence-electron chi connectivity index (χ3n) is 2.08. The van der Waals surface area contributed by atoms with E-state index in [9.17, 15) is 9.59 Å². The highest BCUT2D eigenvalue weighted by Crippen LogP contribution is 2.14. The molecule has 92 valence electrons. The molecular weight excluding hydrogens is 218 g/mol. The van der Waals surface area contributed by atoms with Gasteiger partial charge in [0.25, 0.3) is 0 Å². The molecule has 1 aromatic rings. The minimum absolute atomic E-state index is 0.385. The summed E-state index contributed by atoms with van der Waals surface area (Å²) in [6.45, 7) is 5.42. The molecule has 0 saturated heterocycles. The molecule has 0 saturated carbocycles. The van der Waals surface area contributed by atoms with Gasteiger partial charge in [-0.2, -0.15) is 0 Å². The Kier molecular flexibility index (Phi) is 4.02. The fourth-order valence-electron chi connectivity index (χ4n) is 1.26. The number of carbonyl (C=O) groups excluding carboxylic acids is 2. The van der Waals surface area contributed by atoms with Crippen molar-refractivity contribution in [3.05, 3.63) is 35.4 Å². The topological polar surface area (TPSA) is 69.4 Å². The highest BCUT2D eigenvalue weighted by molar-refractivity contribution is 5.89. The molecule has 4 nitrogen and oxygen atoms in total. The van der Waals surface area contributed by atoms with Crippen LogP contribution in [0.1, 0.15) is 42.7 Å². The number of rotatable bonds is 3. The molecule has 0 aromatic heterocycles. The summed E-state index contributed by atoms with van der Waals surface area (Å²) in [5.74, 6) is -0.385. The van der Waals surface area contributed by atoms with E-state index in [2.05, 4.69) is 0 Å². The molecule has 1 unspecified atom stereocenters. The van der Waals surface area contributed by atoms with Gasteiger partial charge in [-0.1, -0.05) is 12.1 Å². The van der Waals surface area contributed by atoms with Crippen molar-refractivity contribution in [2.45, 2.75) is 32.4 Å². The van der Waals surface area contributed by atoms with E-state index in [0.717, 1.165) is 0 Å². The number of aldehydes is 1. The van der Waals surface area contributed by atoms with Gasteiger partial charge in [-0.15, -0.1) is 0 Å². The Morgan fingerprint density at radius 1 is 1.29 bits per heavy atom. The molecule has 1 rings (SSSR count). The Labute approximate surface area is 101 Å². The fraction of sp³-hybridized carbons (Fsp3) is 0.385. The molecule has 0 heterocycles. The van der Waals surface area contributed by atoms with Crippen LogP contribution < -0.4 is 5.73 Å². The molecule has 0 radical (unpaired) electrons. The zero-order valence-electron chi connectivity index (χ0n) is 10.3. The second-order valence-electron chi connectivity index (χ2n) is 4.79. The van der Waals surface area contributed by atoms with Crippen LogP contribution in [0.2, 0.25) is 0 Å². The summed E-state index contributed by atoms with van der Waals surface area (Å²) < 4.78 is 5.21. The minimum Gasteiger partial charge on any atom is -0.456 e. The van der Waals surface area contributed by atoms with Crippen LogP contribution >= 0.6 is 0 Å². The highest BCUT2D eigenvalue weighted by Gasteiger charge is 2.17. The number of hydrogen-bond donors (Lipinski definition) is 1. The quantitative estimate of drug-likeness (QED) is 0.641. The van der Waals surface area contributed by atoms with Crippen LogP contribution in [-0.4, -0.2) is 17.9 Å². The molecule has 1 atom stereocenters. The molecule has 0 aliphatic rings. The number of carbonyl (C=O) groups is 2. The Morgan fingerprint density at radius 2 is 1.82 bits per heavy atom.